The molecule has 0 aliphatic heterocycles. The van der Waals surface area contributed by atoms with E-state index in [1.165, 1.54) is 6.07 Å². The number of Topliss-reactive ketones (excluding diaryl/α,β-unsaturated/α-hetero) is 1. The van der Waals surface area contributed by atoms with Gasteiger partial charge in [0, 0.05) is 16.8 Å². The lowest BCUT2D eigenvalue weighted by Crippen LogP contribution is -2.27. The van der Waals surface area contributed by atoms with E-state index < -0.39 is 12.1 Å². The second-order valence-electron chi connectivity index (χ2n) is 6.93. The van der Waals surface area contributed by atoms with Crippen molar-refractivity contribution < 1.29 is 19.1 Å². The van der Waals surface area contributed by atoms with Crippen molar-refractivity contribution in [2.75, 3.05) is 5.32 Å². The van der Waals surface area contributed by atoms with Crippen molar-refractivity contribution in [3.05, 3.63) is 101 Å². The Morgan fingerprint density at radius 2 is 1.50 bits per heavy atom. The summed E-state index contributed by atoms with van der Waals surface area (Å²) in [4.78, 5) is 37.6. The zero-order chi connectivity index (χ0) is 21.5. The zero-order valence-electron chi connectivity index (χ0n) is 16.9. The van der Waals surface area contributed by atoms with E-state index in [2.05, 4.69) is 5.32 Å². The average Bonchev–Trinajstić information content (AvgIpc) is 2.78. The Balaban J connectivity index is 1.69. The van der Waals surface area contributed by atoms with E-state index in [-0.39, 0.29) is 17.3 Å². The Hall–Kier alpha value is -3.73. The molecule has 152 valence electrons. The fraction of sp³-hybridized carbons (Fsp3) is 0.160. The summed E-state index contributed by atoms with van der Waals surface area (Å²) in [5, 5.41) is 2.78. The SMILES string of the molecule is CC[C@@H](OC(=O)c1cccc(NC(=O)c2ccc(C)cc2)c1)C(=O)c1ccccc1. The van der Waals surface area contributed by atoms with Gasteiger partial charge in [-0.2, -0.15) is 0 Å². The van der Waals surface area contributed by atoms with E-state index in [9.17, 15) is 14.4 Å². The summed E-state index contributed by atoms with van der Waals surface area (Å²) < 4.78 is 5.46. The number of ether oxygens (including phenoxy) is 1. The number of rotatable bonds is 7. The third kappa shape index (κ3) is 5.20. The monoisotopic (exact) mass is 401 g/mol. The molecule has 3 aromatic rings. The van der Waals surface area contributed by atoms with Gasteiger partial charge in [-0.3, -0.25) is 9.59 Å². The molecule has 0 aliphatic carbocycles. The molecule has 1 amide bonds. The van der Waals surface area contributed by atoms with Crippen molar-refractivity contribution in [3.63, 3.8) is 0 Å². The van der Waals surface area contributed by atoms with Crippen LogP contribution in [0.25, 0.3) is 0 Å². The van der Waals surface area contributed by atoms with Crippen LogP contribution in [0.4, 0.5) is 5.69 Å². The molecule has 5 heteroatoms. The van der Waals surface area contributed by atoms with E-state index in [0.29, 0.717) is 23.2 Å². The Morgan fingerprint density at radius 3 is 2.17 bits per heavy atom. The second-order valence-corrected chi connectivity index (χ2v) is 6.93. The van der Waals surface area contributed by atoms with Crippen LogP contribution < -0.4 is 5.32 Å². The molecule has 0 radical (unpaired) electrons. The molecule has 0 aliphatic rings. The Labute approximate surface area is 175 Å². The number of carbonyl (C=O) groups excluding carboxylic acids is 3. The summed E-state index contributed by atoms with van der Waals surface area (Å²) in [7, 11) is 0. The van der Waals surface area contributed by atoms with Gasteiger partial charge in [0.2, 0.25) is 5.78 Å². The lowest BCUT2D eigenvalue weighted by atomic mass is 10.0. The van der Waals surface area contributed by atoms with Gasteiger partial charge in [0.25, 0.3) is 5.91 Å². The lowest BCUT2D eigenvalue weighted by molar-refractivity contribution is 0.0277. The number of amides is 1. The minimum absolute atomic E-state index is 0.240. The number of carbonyl (C=O) groups is 3. The molecule has 0 aromatic heterocycles. The van der Waals surface area contributed by atoms with Gasteiger partial charge in [-0.15, -0.1) is 0 Å². The normalized spacial score (nSPS) is 11.4. The first-order valence-corrected chi connectivity index (χ1v) is 9.76. The highest BCUT2D eigenvalue weighted by molar-refractivity contribution is 6.05. The molecular formula is C25H23NO4. The minimum Gasteiger partial charge on any atom is -0.450 e. The predicted molar refractivity (Wildman–Crippen MR) is 116 cm³/mol. The van der Waals surface area contributed by atoms with E-state index >= 15 is 0 Å². The molecule has 5 nitrogen and oxygen atoms in total. The van der Waals surface area contributed by atoms with E-state index in [1.54, 1.807) is 61.5 Å². The van der Waals surface area contributed by atoms with Gasteiger partial charge in [0.1, 0.15) is 0 Å². The molecule has 0 spiro atoms. The third-order valence-corrected chi connectivity index (χ3v) is 4.64. The van der Waals surface area contributed by atoms with Gasteiger partial charge >= 0.3 is 5.97 Å². The number of anilines is 1. The second kappa shape index (κ2) is 9.65. The molecule has 30 heavy (non-hydrogen) atoms. The van der Waals surface area contributed by atoms with Crippen LogP contribution in [-0.2, 0) is 4.74 Å². The van der Waals surface area contributed by atoms with Crippen molar-refractivity contribution in [3.8, 4) is 0 Å². The molecule has 1 N–H and O–H groups in total. The van der Waals surface area contributed by atoms with Gasteiger partial charge in [-0.25, -0.2) is 4.79 Å². The highest BCUT2D eigenvalue weighted by Crippen LogP contribution is 2.16. The van der Waals surface area contributed by atoms with Gasteiger partial charge < -0.3 is 10.1 Å². The minimum atomic E-state index is -0.870. The molecule has 0 fully saturated rings. The topological polar surface area (TPSA) is 72.5 Å². The predicted octanol–water partition coefficient (Wildman–Crippen LogP) is 5.07. The van der Waals surface area contributed by atoms with Crippen LogP contribution in [0.3, 0.4) is 0 Å². The molecule has 0 heterocycles. The van der Waals surface area contributed by atoms with E-state index in [0.717, 1.165) is 5.56 Å². The largest absolute Gasteiger partial charge is 0.450 e. The highest BCUT2D eigenvalue weighted by atomic mass is 16.5. The molecular weight excluding hydrogens is 378 g/mol. The van der Waals surface area contributed by atoms with E-state index in [1.807, 2.05) is 25.1 Å². The van der Waals surface area contributed by atoms with Crippen LogP contribution in [0.15, 0.2) is 78.9 Å². The standard InChI is InChI=1S/C25H23NO4/c1-3-22(23(27)18-8-5-4-6-9-18)30-25(29)20-10-7-11-21(16-20)26-24(28)19-14-12-17(2)13-15-19/h4-16,22H,3H2,1-2H3,(H,26,28)/t22-/m1/s1. The van der Waals surface area contributed by atoms with Crippen LogP contribution in [0.5, 0.6) is 0 Å². The molecule has 3 rings (SSSR count). The van der Waals surface area contributed by atoms with Gasteiger partial charge in [0.15, 0.2) is 6.10 Å². The van der Waals surface area contributed by atoms with Gasteiger partial charge in [-0.05, 0) is 43.7 Å². The average molecular weight is 401 g/mol. The number of hydrogen-bond donors (Lipinski definition) is 1. The summed E-state index contributed by atoms with van der Waals surface area (Å²) in [5.41, 5.74) is 2.81. The maximum Gasteiger partial charge on any atom is 0.338 e. The number of nitrogens with one attached hydrogen (secondary N) is 1. The third-order valence-electron chi connectivity index (χ3n) is 4.64. The molecule has 3 aromatic carbocycles. The summed E-state index contributed by atoms with van der Waals surface area (Å²) in [5.74, 6) is -1.13. The van der Waals surface area contributed by atoms with Gasteiger partial charge in [-0.1, -0.05) is 61.0 Å². The Bertz CT molecular complexity index is 1040. The van der Waals surface area contributed by atoms with Crippen molar-refractivity contribution >= 4 is 23.3 Å². The Morgan fingerprint density at radius 1 is 0.833 bits per heavy atom. The van der Waals surface area contributed by atoms with Gasteiger partial charge in [0.05, 0.1) is 5.56 Å². The zero-order valence-corrected chi connectivity index (χ0v) is 16.9. The van der Waals surface area contributed by atoms with Crippen LogP contribution in [0.2, 0.25) is 0 Å². The van der Waals surface area contributed by atoms with Crippen molar-refractivity contribution in [1.29, 1.82) is 0 Å². The van der Waals surface area contributed by atoms with Crippen LogP contribution in [0, 0.1) is 6.92 Å². The molecule has 0 saturated heterocycles. The Kier molecular flexibility index (Phi) is 6.75. The molecule has 1 atom stereocenters. The van der Waals surface area contributed by atoms with Crippen molar-refractivity contribution in [1.82, 2.24) is 0 Å². The fourth-order valence-electron chi connectivity index (χ4n) is 2.94. The quantitative estimate of drug-likeness (QED) is 0.443. The smallest absolute Gasteiger partial charge is 0.338 e. The first kappa shape index (κ1) is 21.0. The van der Waals surface area contributed by atoms with E-state index in [4.69, 9.17) is 4.74 Å². The number of ketones is 1. The molecule has 0 saturated carbocycles. The van der Waals surface area contributed by atoms with Crippen molar-refractivity contribution in [2.24, 2.45) is 0 Å². The highest BCUT2D eigenvalue weighted by Gasteiger charge is 2.23. The fourth-order valence-corrected chi connectivity index (χ4v) is 2.94. The van der Waals surface area contributed by atoms with Crippen LogP contribution in [-0.4, -0.2) is 23.8 Å². The summed E-state index contributed by atoms with van der Waals surface area (Å²) in [6.07, 6.45) is -0.505. The first-order chi connectivity index (χ1) is 14.5. The van der Waals surface area contributed by atoms with Crippen molar-refractivity contribution in [2.45, 2.75) is 26.4 Å². The molecule has 0 bridgehead atoms. The lowest BCUT2D eigenvalue weighted by Gasteiger charge is -2.15. The van der Waals surface area contributed by atoms with Crippen LogP contribution >= 0.6 is 0 Å². The summed E-state index contributed by atoms with van der Waals surface area (Å²) in [6.45, 7) is 3.74. The van der Waals surface area contributed by atoms with Crippen LogP contribution in [0.1, 0.15) is 50.0 Å². The first-order valence-electron chi connectivity index (χ1n) is 9.76. The number of esters is 1. The molecule has 0 unspecified atom stereocenters. The maximum atomic E-state index is 12.6. The maximum absolute atomic E-state index is 12.6. The number of hydrogen-bond acceptors (Lipinski definition) is 4. The summed E-state index contributed by atoms with van der Waals surface area (Å²) >= 11 is 0. The number of aryl methyl sites for hydroxylation is 1. The summed E-state index contributed by atoms with van der Waals surface area (Å²) in [6, 6.07) is 22.4. The number of benzene rings is 3.